The van der Waals surface area contributed by atoms with E-state index in [0.717, 1.165) is 16.3 Å². The van der Waals surface area contributed by atoms with Gasteiger partial charge in [-0.15, -0.1) is 0 Å². The number of sulfonamides is 1. The second-order valence-corrected chi connectivity index (χ2v) is 9.48. The summed E-state index contributed by atoms with van der Waals surface area (Å²) in [6.07, 6.45) is 0.819. The van der Waals surface area contributed by atoms with Gasteiger partial charge in [0.25, 0.3) is 10.0 Å². The van der Waals surface area contributed by atoms with Crippen LogP contribution in [0.3, 0.4) is 0 Å². The van der Waals surface area contributed by atoms with Crippen molar-refractivity contribution in [3.8, 4) is 17.2 Å². The number of aryl methyl sites for hydroxylation is 1. The molecule has 0 unspecified atom stereocenters. The fourth-order valence-corrected chi connectivity index (χ4v) is 5.06. The molecule has 3 aromatic rings. The van der Waals surface area contributed by atoms with Crippen molar-refractivity contribution in [2.45, 2.75) is 24.8 Å². The molecule has 0 aliphatic heterocycles. The third-order valence-corrected chi connectivity index (χ3v) is 7.30. The Morgan fingerprint density at radius 2 is 1.51 bits per heavy atom. The van der Waals surface area contributed by atoms with Gasteiger partial charge in [-0.2, -0.15) is 0 Å². The lowest BCUT2D eigenvalue weighted by Gasteiger charge is -2.24. The van der Waals surface area contributed by atoms with Crippen molar-refractivity contribution in [2.75, 3.05) is 32.2 Å². The van der Waals surface area contributed by atoms with Crippen LogP contribution in [0.15, 0.2) is 71.6 Å². The third-order valence-electron chi connectivity index (χ3n) is 5.51. The van der Waals surface area contributed by atoms with Gasteiger partial charge >= 0.3 is 0 Å². The Hall–Kier alpha value is -3.72. The summed E-state index contributed by atoms with van der Waals surface area (Å²) in [6, 6.07) is 18.7. The largest absolute Gasteiger partial charge is 0.493 e. The zero-order chi connectivity index (χ0) is 25.4. The van der Waals surface area contributed by atoms with Crippen LogP contribution in [-0.2, 0) is 27.8 Å². The monoisotopic (exact) mass is 498 g/mol. The molecule has 3 rings (SSSR count). The number of hydrogen-bond acceptors (Lipinski definition) is 6. The first-order chi connectivity index (χ1) is 16.8. The quantitative estimate of drug-likeness (QED) is 0.432. The molecular weight excluding hydrogens is 468 g/mol. The maximum absolute atomic E-state index is 13.4. The molecule has 0 aromatic heterocycles. The first-order valence-corrected chi connectivity index (χ1v) is 12.5. The van der Waals surface area contributed by atoms with Crippen molar-refractivity contribution in [2.24, 2.45) is 0 Å². The van der Waals surface area contributed by atoms with E-state index in [4.69, 9.17) is 14.2 Å². The summed E-state index contributed by atoms with van der Waals surface area (Å²) in [5.41, 5.74) is 2.13. The number of carbonyl (C=O) groups excluding carboxylic acids is 1. The molecule has 35 heavy (non-hydrogen) atoms. The number of carbonyl (C=O) groups is 1. The number of anilines is 1. The van der Waals surface area contributed by atoms with Gasteiger partial charge in [0.1, 0.15) is 6.54 Å². The molecule has 0 saturated heterocycles. The lowest BCUT2D eigenvalue weighted by Crippen LogP contribution is -2.40. The molecule has 0 radical (unpaired) electrons. The molecule has 186 valence electrons. The van der Waals surface area contributed by atoms with Crippen molar-refractivity contribution >= 4 is 21.6 Å². The Labute approximate surface area is 206 Å². The number of benzene rings is 3. The highest BCUT2D eigenvalue weighted by Crippen LogP contribution is 2.39. The molecule has 0 heterocycles. The van der Waals surface area contributed by atoms with Crippen LogP contribution < -0.4 is 23.8 Å². The van der Waals surface area contributed by atoms with Crippen LogP contribution in [0.25, 0.3) is 0 Å². The molecule has 8 nitrogen and oxygen atoms in total. The third kappa shape index (κ3) is 5.86. The Bertz CT molecular complexity index is 1240. The molecule has 3 aromatic carbocycles. The molecule has 0 fully saturated rings. The minimum atomic E-state index is -3.97. The fourth-order valence-electron chi connectivity index (χ4n) is 3.62. The zero-order valence-corrected chi connectivity index (χ0v) is 21.1. The summed E-state index contributed by atoms with van der Waals surface area (Å²) in [4.78, 5) is 13.1. The van der Waals surface area contributed by atoms with Gasteiger partial charge in [0.15, 0.2) is 11.5 Å². The van der Waals surface area contributed by atoms with E-state index in [-0.39, 0.29) is 11.4 Å². The van der Waals surface area contributed by atoms with E-state index in [1.807, 2.05) is 19.1 Å². The second kappa shape index (κ2) is 11.6. The smallest absolute Gasteiger partial charge is 0.264 e. The van der Waals surface area contributed by atoms with E-state index in [1.165, 1.54) is 33.5 Å². The van der Waals surface area contributed by atoms with Crippen LogP contribution in [0.4, 0.5) is 5.69 Å². The van der Waals surface area contributed by atoms with Gasteiger partial charge < -0.3 is 19.5 Å². The van der Waals surface area contributed by atoms with E-state index in [9.17, 15) is 13.2 Å². The summed E-state index contributed by atoms with van der Waals surface area (Å²) < 4.78 is 44.2. The molecule has 0 atom stereocenters. The van der Waals surface area contributed by atoms with Gasteiger partial charge in [-0.1, -0.05) is 37.3 Å². The topological polar surface area (TPSA) is 94.2 Å². The van der Waals surface area contributed by atoms with Crippen LogP contribution in [0.1, 0.15) is 18.1 Å². The predicted octanol–water partition coefficient (Wildman–Crippen LogP) is 3.79. The van der Waals surface area contributed by atoms with Gasteiger partial charge in [-0.25, -0.2) is 8.42 Å². The average Bonchev–Trinajstić information content (AvgIpc) is 2.90. The van der Waals surface area contributed by atoms with Crippen LogP contribution in [-0.4, -0.2) is 42.2 Å². The Balaban J connectivity index is 1.86. The minimum absolute atomic E-state index is 0.105. The van der Waals surface area contributed by atoms with Crippen LogP contribution >= 0.6 is 0 Å². The van der Waals surface area contributed by atoms with Crippen LogP contribution in [0.5, 0.6) is 17.2 Å². The number of hydrogen-bond donors (Lipinski definition) is 1. The number of nitrogens with zero attached hydrogens (tertiary/aromatic N) is 1. The molecular formula is C26H30N2O6S. The van der Waals surface area contributed by atoms with Gasteiger partial charge in [-0.3, -0.25) is 9.10 Å². The van der Waals surface area contributed by atoms with Gasteiger partial charge in [0.2, 0.25) is 11.7 Å². The Morgan fingerprint density at radius 3 is 2.09 bits per heavy atom. The summed E-state index contributed by atoms with van der Waals surface area (Å²) >= 11 is 0. The first kappa shape index (κ1) is 25.9. The van der Waals surface area contributed by atoms with Crippen molar-refractivity contribution in [1.82, 2.24) is 5.32 Å². The van der Waals surface area contributed by atoms with Gasteiger partial charge in [-0.05, 0) is 48.4 Å². The minimum Gasteiger partial charge on any atom is -0.493 e. The summed E-state index contributed by atoms with van der Waals surface area (Å²) in [5.74, 6) is 0.859. The molecule has 1 N–H and O–H groups in total. The lowest BCUT2D eigenvalue weighted by molar-refractivity contribution is -0.119. The van der Waals surface area contributed by atoms with Gasteiger partial charge in [0, 0.05) is 12.1 Å². The van der Waals surface area contributed by atoms with E-state index in [0.29, 0.717) is 28.5 Å². The second-order valence-electron chi connectivity index (χ2n) is 7.61. The highest BCUT2D eigenvalue weighted by atomic mass is 32.2. The average molecular weight is 499 g/mol. The number of amides is 1. The Kier molecular flexibility index (Phi) is 8.59. The Morgan fingerprint density at radius 1 is 0.857 bits per heavy atom. The maximum atomic E-state index is 13.4. The highest BCUT2D eigenvalue weighted by molar-refractivity contribution is 7.92. The van der Waals surface area contributed by atoms with Crippen molar-refractivity contribution in [3.05, 3.63) is 77.9 Å². The maximum Gasteiger partial charge on any atom is 0.264 e. The van der Waals surface area contributed by atoms with Crippen molar-refractivity contribution in [1.29, 1.82) is 0 Å². The van der Waals surface area contributed by atoms with Crippen LogP contribution in [0.2, 0.25) is 0 Å². The number of ether oxygens (including phenoxy) is 3. The molecule has 0 bridgehead atoms. The summed E-state index contributed by atoms with van der Waals surface area (Å²) in [6.45, 7) is 1.73. The first-order valence-electron chi connectivity index (χ1n) is 11.1. The van der Waals surface area contributed by atoms with E-state index >= 15 is 0 Å². The number of nitrogens with one attached hydrogen (secondary N) is 1. The summed E-state index contributed by atoms with van der Waals surface area (Å²) in [7, 11) is 0.544. The molecule has 1 amide bonds. The van der Waals surface area contributed by atoms with E-state index in [1.54, 1.807) is 42.5 Å². The predicted molar refractivity (Wildman–Crippen MR) is 135 cm³/mol. The van der Waals surface area contributed by atoms with Crippen molar-refractivity contribution in [3.63, 3.8) is 0 Å². The molecule has 0 aliphatic rings. The van der Waals surface area contributed by atoms with Gasteiger partial charge in [0.05, 0.1) is 31.9 Å². The van der Waals surface area contributed by atoms with E-state index < -0.39 is 22.5 Å². The summed E-state index contributed by atoms with van der Waals surface area (Å²) in [5, 5.41) is 2.79. The number of methoxy groups -OCH3 is 3. The van der Waals surface area contributed by atoms with Crippen LogP contribution in [0, 0.1) is 0 Å². The number of rotatable bonds is 11. The normalized spacial score (nSPS) is 11.0. The fraction of sp³-hybridized carbons (Fsp3) is 0.269. The van der Waals surface area contributed by atoms with Crippen molar-refractivity contribution < 1.29 is 27.4 Å². The molecule has 0 saturated carbocycles. The SMILES string of the molecule is CCc1ccc(N(CC(=O)NCc2ccc(OC)c(OC)c2OC)S(=O)(=O)c2ccccc2)cc1. The van der Waals surface area contributed by atoms with E-state index in [2.05, 4.69) is 5.32 Å². The highest BCUT2D eigenvalue weighted by Gasteiger charge is 2.27. The molecule has 9 heteroatoms. The standard InChI is InChI=1S/C26H30N2O6S/c1-5-19-11-14-21(15-12-19)28(35(30,31)22-9-7-6-8-10-22)18-24(29)27-17-20-13-16-23(32-2)26(34-4)25(20)33-3/h6-16H,5,17-18H2,1-4H3,(H,27,29). The zero-order valence-electron chi connectivity index (χ0n) is 20.3. The molecule has 0 aliphatic carbocycles. The molecule has 0 spiro atoms. The lowest BCUT2D eigenvalue weighted by atomic mass is 10.1.